The molecule has 0 bridgehead atoms. The molecule has 3 rings (SSSR count). The lowest BCUT2D eigenvalue weighted by Crippen LogP contribution is -2.38. The number of sulfonamides is 1. The van der Waals surface area contributed by atoms with Gasteiger partial charge >= 0.3 is 6.18 Å². The molecular formula is C13H9ClF3N5O2S. The molecule has 1 N–H and O–H groups in total. The van der Waals surface area contributed by atoms with Crippen LogP contribution in [0, 0.1) is 0 Å². The van der Waals surface area contributed by atoms with Gasteiger partial charge in [0.15, 0.2) is 10.7 Å². The second-order valence-corrected chi connectivity index (χ2v) is 7.07. The molecule has 132 valence electrons. The average Bonchev–Trinajstić information content (AvgIpc) is 3.00. The monoisotopic (exact) mass is 391 g/mol. The topological polar surface area (TPSA) is 89.2 Å². The molecule has 0 radical (unpaired) electrons. The summed E-state index contributed by atoms with van der Waals surface area (Å²) in [5.41, 5.74) is -0.172. The first-order chi connectivity index (χ1) is 11.7. The van der Waals surface area contributed by atoms with Crippen LogP contribution in [0.3, 0.4) is 0 Å². The van der Waals surface area contributed by atoms with E-state index in [-0.39, 0.29) is 16.2 Å². The highest BCUT2D eigenvalue weighted by molar-refractivity contribution is 7.89. The fourth-order valence-corrected chi connectivity index (χ4v) is 3.33. The molecule has 7 nitrogen and oxygen atoms in total. The van der Waals surface area contributed by atoms with Crippen molar-refractivity contribution in [3.05, 3.63) is 53.6 Å². The number of hydrogen-bond donors (Lipinski definition) is 1. The van der Waals surface area contributed by atoms with Gasteiger partial charge in [0.05, 0.1) is 0 Å². The summed E-state index contributed by atoms with van der Waals surface area (Å²) in [6.07, 6.45) is -2.49. The number of aromatic nitrogens is 4. The van der Waals surface area contributed by atoms with Crippen molar-refractivity contribution in [2.75, 3.05) is 0 Å². The Morgan fingerprint density at radius 3 is 2.48 bits per heavy atom. The summed E-state index contributed by atoms with van der Waals surface area (Å²) in [5, 5.41) is 6.81. The van der Waals surface area contributed by atoms with Crippen molar-refractivity contribution in [1.82, 2.24) is 24.3 Å². The molecule has 0 saturated heterocycles. The van der Waals surface area contributed by atoms with Gasteiger partial charge in [-0.1, -0.05) is 23.7 Å². The Bertz CT molecular complexity index is 1000. The van der Waals surface area contributed by atoms with Crippen molar-refractivity contribution in [1.29, 1.82) is 0 Å². The maximum Gasteiger partial charge on any atom is 0.408 e. The third-order valence-electron chi connectivity index (χ3n) is 3.24. The number of alkyl halides is 3. The summed E-state index contributed by atoms with van der Waals surface area (Å²) in [6, 6.07) is 3.24. The number of nitrogens with one attached hydrogen (secondary N) is 1. The van der Waals surface area contributed by atoms with Crippen molar-refractivity contribution in [2.24, 2.45) is 0 Å². The van der Waals surface area contributed by atoms with Gasteiger partial charge < -0.3 is 0 Å². The molecule has 0 saturated carbocycles. The molecule has 0 unspecified atom stereocenters. The Balaban J connectivity index is 1.98. The molecule has 25 heavy (non-hydrogen) atoms. The van der Waals surface area contributed by atoms with E-state index in [1.54, 1.807) is 4.72 Å². The Morgan fingerprint density at radius 2 is 1.84 bits per heavy atom. The van der Waals surface area contributed by atoms with Gasteiger partial charge in [-0.3, -0.25) is 4.40 Å². The highest BCUT2D eigenvalue weighted by atomic mass is 35.5. The van der Waals surface area contributed by atoms with Gasteiger partial charge in [0.1, 0.15) is 18.7 Å². The quantitative estimate of drug-likeness (QED) is 0.690. The van der Waals surface area contributed by atoms with E-state index in [9.17, 15) is 21.6 Å². The summed E-state index contributed by atoms with van der Waals surface area (Å²) in [5.74, 6) is 0. The molecule has 0 aliphatic rings. The number of hydrogen-bond acceptors (Lipinski definition) is 5. The van der Waals surface area contributed by atoms with Crippen molar-refractivity contribution in [3.8, 4) is 0 Å². The van der Waals surface area contributed by atoms with Crippen molar-refractivity contribution >= 4 is 27.3 Å². The summed E-state index contributed by atoms with van der Waals surface area (Å²) in [4.78, 5) is 3.64. The van der Waals surface area contributed by atoms with E-state index in [2.05, 4.69) is 15.2 Å². The van der Waals surface area contributed by atoms with Crippen LogP contribution in [0.25, 0.3) is 5.65 Å². The number of rotatable bonds is 4. The van der Waals surface area contributed by atoms with Crippen molar-refractivity contribution < 1.29 is 21.6 Å². The predicted octanol–water partition coefficient (Wildman–Crippen LogP) is 2.36. The lowest BCUT2D eigenvalue weighted by molar-refractivity contribution is -0.153. The van der Waals surface area contributed by atoms with E-state index in [0.717, 1.165) is 24.5 Å². The van der Waals surface area contributed by atoms with Crippen LogP contribution in [0.1, 0.15) is 11.6 Å². The Hall–Kier alpha value is -2.24. The van der Waals surface area contributed by atoms with E-state index < -0.39 is 27.3 Å². The van der Waals surface area contributed by atoms with Crippen LogP contribution in [-0.4, -0.2) is 34.2 Å². The second-order valence-electron chi connectivity index (χ2n) is 4.97. The largest absolute Gasteiger partial charge is 0.408 e. The normalized spacial score (nSPS) is 13.9. The molecule has 3 aromatic rings. The molecule has 12 heteroatoms. The van der Waals surface area contributed by atoms with E-state index in [1.165, 1.54) is 22.9 Å². The van der Waals surface area contributed by atoms with E-state index in [4.69, 9.17) is 11.6 Å². The smallest absolute Gasteiger partial charge is 0.272 e. The van der Waals surface area contributed by atoms with Gasteiger partial charge in [0.2, 0.25) is 0 Å². The van der Waals surface area contributed by atoms with Crippen LogP contribution in [0.2, 0.25) is 5.02 Å². The fraction of sp³-hybridized carbons (Fsp3) is 0.154. The molecule has 1 atom stereocenters. The van der Waals surface area contributed by atoms with E-state index in [0.29, 0.717) is 0 Å². The highest BCUT2D eigenvalue weighted by Crippen LogP contribution is 2.34. The van der Waals surface area contributed by atoms with Crippen LogP contribution in [0.4, 0.5) is 13.2 Å². The summed E-state index contributed by atoms with van der Waals surface area (Å²) >= 11 is 5.66. The van der Waals surface area contributed by atoms with Gasteiger partial charge in [0, 0.05) is 11.1 Å². The average molecular weight is 392 g/mol. The molecule has 0 fully saturated rings. The van der Waals surface area contributed by atoms with Crippen LogP contribution in [0.5, 0.6) is 0 Å². The van der Waals surface area contributed by atoms with Gasteiger partial charge in [0.25, 0.3) is 10.0 Å². The summed E-state index contributed by atoms with van der Waals surface area (Å²) in [7, 11) is -4.57. The van der Waals surface area contributed by atoms with Crippen LogP contribution in [0.15, 0.2) is 48.0 Å². The SMILES string of the molecule is O=S(=O)(N[C@H](c1ccc(Cl)cc1)C(F)(F)F)c1cc2nncn2cn1. The Morgan fingerprint density at radius 1 is 1.16 bits per heavy atom. The lowest BCUT2D eigenvalue weighted by atomic mass is 10.1. The second kappa shape index (κ2) is 6.24. The molecule has 0 aliphatic carbocycles. The minimum absolute atomic E-state index is 0.130. The highest BCUT2D eigenvalue weighted by Gasteiger charge is 2.43. The first-order valence-corrected chi connectivity index (χ1v) is 8.53. The number of nitrogens with zero attached hydrogens (tertiary/aromatic N) is 4. The van der Waals surface area contributed by atoms with Crippen LogP contribution < -0.4 is 4.72 Å². The predicted molar refractivity (Wildman–Crippen MR) is 81.4 cm³/mol. The van der Waals surface area contributed by atoms with Gasteiger partial charge in [-0.05, 0) is 17.7 Å². The molecule has 1 aromatic carbocycles. The lowest BCUT2D eigenvalue weighted by Gasteiger charge is -2.21. The minimum atomic E-state index is -4.86. The molecular weight excluding hydrogens is 383 g/mol. The van der Waals surface area contributed by atoms with Crippen LogP contribution in [-0.2, 0) is 10.0 Å². The third kappa shape index (κ3) is 3.72. The summed E-state index contributed by atoms with van der Waals surface area (Å²) in [6.45, 7) is 0. The molecule has 2 aromatic heterocycles. The maximum absolute atomic E-state index is 13.3. The molecule has 0 spiro atoms. The Labute approximate surface area is 144 Å². The van der Waals surface area contributed by atoms with Gasteiger partial charge in [-0.25, -0.2) is 13.4 Å². The van der Waals surface area contributed by atoms with E-state index >= 15 is 0 Å². The zero-order valence-corrected chi connectivity index (χ0v) is 13.7. The van der Waals surface area contributed by atoms with Crippen molar-refractivity contribution in [3.63, 3.8) is 0 Å². The van der Waals surface area contributed by atoms with E-state index in [1.807, 2.05) is 0 Å². The number of fused-ring (bicyclic) bond motifs is 1. The molecule has 2 heterocycles. The minimum Gasteiger partial charge on any atom is -0.272 e. The van der Waals surface area contributed by atoms with Gasteiger partial charge in [-0.15, -0.1) is 10.2 Å². The Kier molecular flexibility index (Phi) is 4.39. The summed E-state index contributed by atoms with van der Waals surface area (Å²) < 4.78 is 67.7. The van der Waals surface area contributed by atoms with Gasteiger partial charge in [-0.2, -0.15) is 17.9 Å². The standard InChI is InChI=1S/C13H9ClF3N5O2S/c14-9-3-1-8(2-4-9)12(13(15,16)17)21-25(23,24)11-5-10-20-19-7-22(10)6-18-11/h1-7,12,21H/t12-/m1/s1. The maximum atomic E-state index is 13.3. The first-order valence-electron chi connectivity index (χ1n) is 6.67. The fourth-order valence-electron chi connectivity index (χ4n) is 2.05. The zero-order valence-electron chi connectivity index (χ0n) is 12.1. The van der Waals surface area contributed by atoms with Crippen LogP contribution >= 0.6 is 11.6 Å². The third-order valence-corrected chi connectivity index (χ3v) is 4.81. The molecule has 0 aliphatic heterocycles. The van der Waals surface area contributed by atoms with Crippen molar-refractivity contribution in [2.45, 2.75) is 17.2 Å². The first kappa shape index (κ1) is 17.6. The molecule has 0 amide bonds. The number of halogens is 4. The number of benzene rings is 1. The zero-order chi connectivity index (χ0) is 18.2.